The number of hydrogen-bond acceptors (Lipinski definition) is 7. The van der Waals surface area contributed by atoms with E-state index in [1.165, 1.54) is 0 Å². The topological polar surface area (TPSA) is 177 Å². The van der Waals surface area contributed by atoms with Crippen LogP contribution in [0.1, 0.15) is 13.8 Å². The Labute approximate surface area is 182 Å². The van der Waals surface area contributed by atoms with Gasteiger partial charge in [0.2, 0.25) is 0 Å². The molecular formula is C19H23N11O2. The van der Waals surface area contributed by atoms with E-state index in [9.17, 15) is 9.59 Å². The van der Waals surface area contributed by atoms with Crippen molar-refractivity contribution in [2.75, 3.05) is 23.7 Å². The summed E-state index contributed by atoms with van der Waals surface area (Å²) in [5, 5.41) is 35.0. The van der Waals surface area contributed by atoms with Crippen LogP contribution < -0.4 is 26.6 Å². The molecule has 4 amide bonds. The van der Waals surface area contributed by atoms with Gasteiger partial charge in [0.1, 0.15) is 16.7 Å². The summed E-state index contributed by atoms with van der Waals surface area (Å²) in [4.78, 5) is 25.3. The number of urea groups is 2. The van der Waals surface area contributed by atoms with E-state index in [0.29, 0.717) is 46.5 Å². The van der Waals surface area contributed by atoms with E-state index >= 15 is 0 Å². The van der Waals surface area contributed by atoms with Crippen molar-refractivity contribution in [2.24, 2.45) is 0 Å². The molecule has 0 atom stereocenters. The summed E-state index contributed by atoms with van der Waals surface area (Å²) < 4.78 is 0. The number of benzene rings is 2. The number of fused-ring (bicyclic) bond motifs is 2. The number of amides is 4. The third-order valence-electron chi connectivity index (χ3n) is 4.67. The van der Waals surface area contributed by atoms with Crippen LogP contribution >= 0.6 is 0 Å². The zero-order valence-electron chi connectivity index (χ0n) is 17.5. The van der Waals surface area contributed by atoms with Crippen LogP contribution in [0.2, 0.25) is 0 Å². The number of nitrogens with zero attached hydrogens (tertiary/aromatic N) is 4. The Morgan fingerprint density at radius 3 is 1.84 bits per heavy atom. The van der Waals surface area contributed by atoms with Gasteiger partial charge in [-0.05, 0) is 49.9 Å². The Bertz CT molecular complexity index is 1160. The molecule has 4 aromatic rings. The highest BCUT2D eigenvalue weighted by atomic mass is 16.2. The van der Waals surface area contributed by atoms with Crippen molar-refractivity contribution < 1.29 is 9.59 Å². The van der Waals surface area contributed by atoms with Gasteiger partial charge in [0.15, 0.2) is 0 Å². The van der Waals surface area contributed by atoms with Crippen molar-refractivity contribution in [1.82, 2.24) is 46.8 Å². The average molecular weight is 437 g/mol. The molecule has 4 rings (SSSR count). The number of hydrogen-bond donors (Lipinski definition) is 7. The van der Waals surface area contributed by atoms with Crippen LogP contribution in [0.3, 0.4) is 0 Å². The van der Waals surface area contributed by atoms with Crippen molar-refractivity contribution in [3.63, 3.8) is 0 Å². The number of carbonyl (C=O) groups excluding carboxylic acids is 2. The minimum absolute atomic E-state index is 0.303. The fraction of sp³-hybridized carbons (Fsp3) is 0.263. The Morgan fingerprint density at radius 1 is 0.875 bits per heavy atom. The van der Waals surface area contributed by atoms with Gasteiger partial charge in [0.05, 0.1) is 11.0 Å². The van der Waals surface area contributed by atoms with Crippen LogP contribution in [0.15, 0.2) is 36.4 Å². The second-order valence-electron chi connectivity index (χ2n) is 7.36. The van der Waals surface area contributed by atoms with Gasteiger partial charge in [0, 0.05) is 17.9 Å². The summed E-state index contributed by atoms with van der Waals surface area (Å²) in [5.41, 5.74) is 2.80. The normalized spacial score (nSPS) is 11.4. The van der Waals surface area contributed by atoms with E-state index in [-0.39, 0.29) is 0 Å². The highest BCUT2D eigenvalue weighted by Gasteiger charge is 2.28. The first kappa shape index (κ1) is 21.0. The van der Waals surface area contributed by atoms with E-state index in [1.807, 2.05) is 6.92 Å². The Balaban J connectivity index is 1.41. The summed E-state index contributed by atoms with van der Waals surface area (Å²) in [6.07, 6.45) is 0. The molecule has 2 heterocycles. The molecule has 13 heteroatoms. The van der Waals surface area contributed by atoms with Gasteiger partial charge in [-0.3, -0.25) is 10.2 Å². The third kappa shape index (κ3) is 4.89. The largest absolute Gasteiger partial charge is 0.321 e. The maximum absolute atomic E-state index is 12.6. The van der Waals surface area contributed by atoms with Crippen LogP contribution in [0.4, 0.5) is 21.0 Å². The number of aromatic nitrogens is 6. The second-order valence-corrected chi connectivity index (χ2v) is 7.36. The SMILES string of the molecule is CCNCC(C)(NC(=O)Nc1ccc2nn[nH]c2c1)NC(=O)Nc1ccc2nn[nH]c2c1. The smallest absolute Gasteiger partial charge is 0.314 e. The maximum Gasteiger partial charge on any atom is 0.321 e. The number of likely N-dealkylation sites (N-methyl/N-ethyl adjacent to an activating group) is 1. The predicted octanol–water partition coefficient (Wildman–Crippen LogP) is 1.50. The summed E-state index contributed by atoms with van der Waals surface area (Å²) in [5.74, 6) is 0. The first-order chi connectivity index (χ1) is 15.4. The van der Waals surface area contributed by atoms with Gasteiger partial charge in [-0.15, -0.1) is 10.2 Å². The van der Waals surface area contributed by atoms with E-state index < -0.39 is 17.7 Å². The molecule has 0 aliphatic rings. The number of aromatic amines is 2. The minimum Gasteiger partial charge on any atom is -0.314 e. The van der Waals surface area contributed by atoms with Gasteiger partial charge < -0.3 is 26.6 Å². The van der Waals surface area contributed by atoms with Gasteiger partial charge in [-0.1, -0.05) is 17.4 Å². The number of H-pyrrole nitrogens is 2. The van der Waals surface area contributed by atoms with Gasteiger partial charge in [-0.2, -0.15) is 0 Å². The third-order valence-corrected chi connectivity index (χ3v) is 4.67. The molecule has 0 saturated heterocycles. The Kier molecular flexibility index (Phi) is 5.81. The average Bonchev–Trinajstić information content (AvgIpc) is 3.40. The minimum atomic E-state index is -1.08. The molecule has 2 aromatic carbocycles. The summed E-state index contributed by atoms with van der Waals surface area (Å²) in [7, 11) is 0. The lowest BCUT2D eigenvalue weighted by Crippen LogP contribution is -2.64. The lowest BCUT2D eigenvalue weighted by molar-refractivity contribution is 0.217. The fourth-order valence-corrected chi connectivity index (χ4v) is 3.17. The highest BCUT2D eigenvalue weighted by Crippen LogP contribution is 2.16. The Morgan fingerprint density at radius 2 is 1.38 bits per heavy atom. The van der Waals surface area contributed by atoms with Gasteiger partial charge >= 0.3 is 12.1 Å². The first-order valence-electron chi connectivity index (χ1n) is 9.95. The lowest BCUT2D eigenvalue weighted by Gasteiger charge is -2.32. The molecule has 0 bridgehead atoms. The quantitative estimate of drug-likeness (QED) is 0.214. The zero-order chi connectivity index (χ0) is 22.6. The molecule has 0 saturated carbocycles. The van der Waals surface area contributed by atoms with Crippen LogP contribution in [0, 0.1) is 0 Å². The second kappa shape index (κ2) is 8.85. The highest BCUT2D eigenvalue weighted by molar-refractivity contribution is 5.94. The molecular weight excluding hydrogens is 414 g/mol. The van der Waals surface area contributed by atoms with Crippen molar-refractivity contribution in [2.45, 2.75) is 19.5 Å². The van der Waals surface area contributed by atoms with Crippen LogP contribution in [0.5, 0.6) is 0 Å². The summed E-state index contributed by atoms with van der Waals surface area (Å²) >= 11 is 0. The van der Waals surface area contributed by atoms with Crippen LogP contribution in [-0.4, -0.2) is 61.6 Å². The lowest BCUT2D eigenvalue weighted by atomic mass is 10.2. The molecule has 166 valence electrons. The fourth-order valence-electron chi connectivity index (χ4n) is 3.17. The van der Waals surface area contributed by atoms with Crippen molar-refractivity contribution >= 4 is 45.5 Å². The molecule has 0 fully saturated rings. The standard InChI is InChI=1S/C19H23N11O2/c1-3-20-10-19(2,23-17(31)21-11-4-6-13-15(8-11)27-29-25-13)24-18(32)22-12-5-7-14-16(9-12)28-30-26-14/h4-9,20H,3,10H2,1-2H3,(H2,21,23,31)(H2,22,24,32)(H,25,27,29)(H,26,28,30). The number of anilines is 2. The first-order valence-corrected chi connectivity index (χ1v) is 9.95. The van der Waals surface area contributed by atoms with E-state index in [1.54, 1.807) is 43.3 Å². The number of carbonyl (C=O) groups is 2. The molecule has 32 heavy (non-hydrogen) atoms. The summed E-state index contributed by atoms with van der Waals surface area (Å²) in [6.45, 7) is 4.60. The molecule has 0 radical (unpaired) electrons. The van der Waals surface area contributed by atoms with Gasteiger partial charge in [-0.25, -0.2) is 9.59 Å². The van der Waals surface area contributed by atoms with E-state index in [4.69, 9.17) is 0 Å². The number of nitrogens with one attached hydrogen (secondary N) is 7. The molecule has 2 aromatic heterocycles. The maximum atomic E-state index is 12.6. The van der Waals surface area contributed by atoms with Crippen LogP contribution in [-0.2, 0) is 0 Å². The van der Waals surface area contributed by atoms with E-state index in [2.05, 4.69) is 57.4 Å². The van der Waals surface area contributed by atoms with E-state index in [0.717, 1.165) is 0 Å². The van der Waals surface area contributed by atoms with Crippen molar-refractivity contribution in [1.29, 1.82) is 0 Å². The van der Waals surface area contributed by atoms with Gasteiger partial charge in [0.25, 0.3) is 0 Å². The predicted molar refractivity (Wildman–Crippen MR) is 119 cm³/mol. The molecule has 0 aliphatic heterocycles. The molecule has 13 nitrogen and oxygen atoms in total. The molecule has 0 spiro atoms. The molecule has 0 unspecified atom stereocenters. The molecule has 7 N–H and O–H groups in total. The van der Waals surface area contributed by atoms with Crippen LogP contribution in [0.25, 0.3) is 22.1 Å². The zero-order valence-corrected chi connectivity index (χ0v) is 17.5. The summed E-state index contributed by atoms with van der Waals surface area (Å²) in [6, 6.07) is 9.38. The Hall–Kier alpha value is -4.26. The van der Waals surface area contributed by atoms with Crippen molar-refractivity contribution in [3.05, 3.63) is 36.4 Å². The van der Waals surface area contributed by atoms with Crippen molar-refractivity contribution in [3.8, 4) is 0 Å². The monoisotopic (exact) mass is 437 g/mol. The molecule has 0 aliphatic carbocycles. The number of rotatable bonds is 7.